The molecule has 0 aliphatic heterocycles. The second-order valence-electron chi connectivity index (χ2n) is 5.07. The maximum absolute atomic E-state index is 7.10. The van der Waals surface area contributed by atoms with Crippen molar-refractivity contribution in [2.24, 2.45) is 0 Å². The first-order chi connectivity index (χ1) is 10.3. The molecule has 0 saturated heterocycles. The van der Waals surface area contributed by atoms with Crippen LogP contribution in [0, 0.1) is 0 Å². The van der Waals surface area contributed by atoms with E-state index in [1.807, 2.05) is 48.5 Å². The average Bonchev–Trinajstić information content (AvgIpc) is 2.57. The Morgan fingerprint density at radius 3 is 1.86 bits per heavy atom. The highest BCUT2D eigenvalue weighted by Crippen LogP contribution is 2.39. The van der Waals surface area contributed by atoms with Crippen LogP contribution >= 0.6 is 11.6 Å². The van der Waals surface area contributed by atoms with Crippen LogP contribution in [-0.4, -0.2) is 4.98 Å². The highest BCUT2D eigenvalue weighted by atomic mass is 35.5. The summed E-state index contributed by atoms with van der Waals surface area (Å²) in [6, 6.07) is 24.5. The van der Waals surface area contributed by atoms with Gasteiger partial charge in [-0.2, -0.15) is 0 Å². The van der Waals surface area contributed by atoms with E-state index in [0.29, 0.717) is 0 Å². The molecule has 0 unspecified atom stereocenters. The Hall–Kier alpha value is -2.12. The zero-order valence-corrected chi connectivity index (χ0v) is 12.4. The minimum absolute atomic E-state index is 0.578. The van der Waals surface area contributed by atoms with E-state index in [-0.39, 0.29) is 0 Å². The number of hydrogen-bond acceptors (Lipinski definition) is 1. The summed E-state index contributed by atoms with van der Waals surface area (Å²) in [6.07, 6.45) is 4.32. The molecule has 0 spiro atoms. The number of benzene rings is 2. The molecule has 3 aromatic rings. The van der Waals surface area contributed by atoms with Gasteiger partial charge in [0.15, 0.2) is 0 Å². The second kappa shape index (κ2) is 6.11. The molecule has 1 heterocycles. The van der Waals surface area contributed by atoms with Crippen molar-refractivity contribution >= 4 is 11.6 Å². The number of rotatable bonds is 4. The summed E-state index contributed by atoms with van der Waals surface area (Å²) in [6.45, 7) is 0. The molecule has 1 atom stereocenters. The summed E-state index contributed by atoms with van der Waals surface area (Å²) in [4.78, 5) is 3.52. The van der Waals surface area contributed by atoms with Gasteiger partial charge in [0, 0.05) is 12.4 Å². The van der Waals surface area contributed by atoms with Gasteiger partial charge in [-0.25, -0.2) is 0 Å². The van der Waals surface area contributed by atoms with Crippen molar-refractivity contribution < 1.29 is 0 Å². The third kappa shape index (κ3) is 2.98. The Morgan fingerprint density at radius 1 is 0.714 bits per heavy atom. The van der Waals surface area contributed by atoms with Crippen LogP contribution in [0.25, 0.3) is 0 Å². The zero-order chi connectivity index (χ0) is 14.5. The fraction of sp³-hybridized carbons (Fsp3) is 0.105. The number of halogens is 1. The topological polar surface area (TPSA) is 12.9 Å². The van der Waals surface area contributed by atoms with Crippen molar-refractivity contribution in [2.75, 3.05) is 0 Å². The lowest BCUT2D eigenvalue weighted by molar-refractivity contribution is 0.719. The van der Waals surface area contributed by atoms with Gasteiger partial charge in [0.1, 0.15) is 0 Å². The van der Waals surface area contributed by atoms with Crippen molar-refractivity contribution in [1.82, 2.24) is 4.98 Å². The highest BCUT2D eigenvalue weighted by Gasteiger charge is 2.31. The van der Waals surface area contributed by atoms with Crippen molar-refractivity contribution in [3.8, 4) is 0 Å². The lowest BCUT2D eigenvalue weighted by Gasteiger charge is -2.28. The van der Waals surface area contributed by atoms with Crippen LogP contribution in [0.2, 0.25) is 0 Å². The van der Waals surface area contributed by atoms with E-state index in [0.717, 1.165) is 17.5 Å². The molecule has 3 rings (SSSR count). The number of aromatic nitrogens is 1. The largest absolute Gasteiger partial charge is 0.265 e. The normalized spacial score (nSPS) is 13.6. The molecule has 0 fully saturated rings. The number of pyridine rings is 1. The van der Waals surface area contributed by atoms with E-state index in [1.165, 1.54) is 5.56 Å². The van der Waals surface area contributed by atoms with E-state index in [1.54, 1.807) is 12.4 Å². The van der Waals surface area contributed by atoms with Crippen LogP contribution in [0.15, 0.2) is 85.2 Å². The predicted molar refractivity (Wildman–Crippen MR) is 87.5 cm³/mol. The molecule has 0 aliphatic carbocycles. The number of nitrogens with zero attached hydrogens (tertiary/aromatic N) is 1. The first kappa shape index (κ1) is 13.8. The van der Waals surface area contributed by atoms with Crippen LogP contribution in [0.4, 0.5) is 0 Å². The van der Waals surface area contributed by atoms with Crippen molar-refractivity contribution in [3.05, 3.63) is 102 Å². The predicted octanol–water partition coefficient (Wildman–Crippen LogP) is 4.81. The summed E-state index contributed by atoms with van der Waals surface area (Å²) >= 11 is 7.10. The molecule has 2 heteroatoms. The van der Waals surface area contributed by atoms with Gasteiger partial charge in [-0.15, -0.1) is 11.6 Å². The monoisotopic (exact) mass is 293 g/mol. The minimum Gasteiger partial charge on any atom is -0.265 e. The van der Waals surface area contributed by atoms with Gasteiger partial charge >= 0.3 is 0 Å². The molecule has 104 valence electrons. The molecule has 1 aromatic heterocycles. The maximum atomic E-state index is 7.10. The second-order valence-corrected chi connectivity index (χ2v) is 5.71. The third-order valence-electron chi connectivity index (χ3n) is 3.66. The standard InChI is InChI=1S/C19H16ClN/c20-19(17-9-5-2-6-10-17,18-11-13-21-14-12-18)15-16-7-3-1-4-8-16/h1-14H,15H2/t19-/m0/s1. The Kier molecular flexibility index (Phi) is 4.03. The summed E-state index contributed by atoms with van der Waals surface area (Å²) in [5, 5.41) is 0. The van der Waals surface area contributed by atoms with E-state index < -0.39 is 4.87 Å². The molecule has 21 heavy (non-hydrogen) atoms. The summed E-state index contributed by atoms with van der Waals surface area (Å²) in [5.74, 6) is 0. The molecular formula is C19H16ClN. The highest BCUT2D eigenvalue weighted by molar-refractivity contribution is 6.26. The Morgan fingerprint density at radius 2 is 1.24 bits per heavy atom. The van der Waals surface area contributed by atoms with Gasteiger partial charge in [0.2, 0.25) is 0 Å². The maximum Gasteiger partial charge on any atom is 0.0985 e. The van der Waals surface area contributed by atoms with Crippen LogP contribution < -0.4 is 0 Å². The Bertz CT molecular complexity index is 641. The molecule has 0 bridgehead atoms. The Balaban J connectivity index is 2.07. The third-order valence-corrected chi connectivity index (χ3v) is 4.23. The quantitative estimate of drug-likeness (QED) is 0.629. The minimum atomic E-state index is -0.578. The van der Waals surface area contributed by atoms with Gasteiger partial charge in [-0.3, -0.25) is 4.98 Å². The first-order valence-corrected chi connectivity index (χ1v) is 7.36. The van der Waals surface area contributed by atoms with Crippen LogP contribution in [0.3, 0.4) is 0 Å². The molecule has 0 N–H and O–H groups in total. The first-order valence-electron chi connectivity index (χ1n) is 6.98. The van der Waals surface area contributed by atoms with E-state index in [4.69, 9.17) is 11.6 Å². The summed E-state index contributed by atoms with van der Waals surface area (Å²) in [7, 11) is 0. The van der Waals surface area contributed by atoms with E-state index in [9.17, 15) is 0 Å². The van der Waals surface area contributed by atoms with Crippen LogP contribution in [0.1, 0.15) is 16.7 Å². The molecule has 0 saturated carbocycles. The van der Waals surface area contributed by atoms with Gasteiger partial charge in [0.25, 0.3) is 0 Å². The SMILES string of the molecule is Cl[C@@](Cc1ccccc1)(c1ccccc1)c1ccncc1. The molecule has 0 aliphatic rings. The molecule has 2 aromatic carbocycles. The zero-order valence-electron chi connectivity index (χ0n) is 11.6. The summed E-state index contributed by atoms with van der Waals surface area (Å²) < 4.78 is 0. The molecule has 1 nitrogen and oxygen atoms in total. The fourth-order valence-corrected chi connectivity index (χ4v) is 2.97. The van der Waals surface area contributed by atoms with Crippen molar-refractivity contribution in [1.29, 1.82) is 0 Å². The van der Waals surface area contributed by atoms with Crippen molar-refractivity contribution in [3.63, 3.8) is 0 Å². The van der Waals surface area contributed by atoms with Gasteiger partial charge < -0.3 is 0 Å². The average molecular weight is 294 g/mol. The smallest absolute Gasteiger partial charge is 0.0985 e. The van der Waals surface area contributed by atoms with Crippen molar-refractivity contribution in [2.45, 2.75) is 11.3 Å². The van der Waals surface area contributed by atoms with Gasteiger partial charge in [0.05, 0.1) is 4.87 Å². The van der Waals surface area contributed by atoms with Crippen LogP contribution in [-0.2, 0) is 11.3 Å². The fourth-order valence-electron chi connectivity index (χ4n) is 2.57. The number of hydrogen-bond donors (Lipinski definition) is 0. The molecule has 0 radical (unpaired) electrons. The Labute approximate surface area is 130 Å². The van der Waals surface area contributed by atoms with Crippen LogP contribution in [0.5, 0.6) is 0 Å². The molecule has 0 amide bonds. The van der Waals surface area contributed by atoms with E-state index >= 15 is 0 Å². The van der Waals surface area contributed by atoms with Gasteiger partial charge in [-0.05, 0) is 35.2 Å². The van der Waals surface area contributed by atoms with E-state index in [2.05, 4.69) is 29.2 Å². The lowest BCUT2D eigenvalue weighted by atomic mass is 9.85. The van der Waals surface area contributed by atoms with Gasteiger partial charge in [-0.1, -0.05) is 60.7 Å². The molecular weight excluding hydrogens is 278 g/mol. The number of alkyl halides is 1. The summed E-state index contributed by atoms with van der Waals surface area (Å²) in [5.41, 5.74) is 3.38. The lowest BCUT2D eigenvalue weighted by Crippen LogP contribution is -2.23.